The van der Waals surface area contributed by atoms with Crippen LogP contribution < -0.4 is 0 Å². The molecule has 1 unspecified atom stereocenters. The fourth-order valence-corrected chi connectivity index (χ4v) is 2.33. The number of nitrogens with zero attached hydrogens (tertiary/aromatic N) is 1. The highest BCUT2D eigenvalue weighted by Crippen LogP contribution is 2.20. The molecule has 0 bridgehead atoms. The van der Waals surface area contributed by atoms with E-state index in [2.05, 4.69) is 25.7 Å². The maximum absolute atomic E-state index is 12.3. The van der Waals surface area contributed by atoms with Crippen LogP contribution >= 0.6 is 11.3 Å². The van der Waals surface area contributed by atoms with Crippen LogP contribution in [0.2, 0.25) is 0 Å². The molecular weight excluding hydrogens is 246 g/mol. The van der Waals surface area contributed by atoms with Gasteiger partial charge in [0.1, 0.15) is 11.5 Å². The third-order valence-corrected chi connectivity index (χ3v) is 3.96. The molecule has 0 aromatic carbocycles. The van der Waals surface area contributed by atoms with Crippen LogP contribution in [0.1, 0.15) is 36.0 Å². The largest absolute Gasteiger partial charge is 0.384 e. The van der Waals surface area contributed by atoms with Gasteiger partial charge in [-0.3, -0.25) is 4.79 Å². The Morgan fingerprint density at radius 2 is 2.17 bits per heavy atom. The Hall–Kier alpha value is -1.31. The van der Waals surface area contributed by atoms with Crippen LogP contribution in [0.4, 0.5) is 0 Å². The lowest BCUT2D eigenvalue weighted by Gasteiger charge is -2.27. The molecule has 0 spiro atoms. The fraction of sp³-hybridized carbons (Fsp3) is 0.500. The first kappa shape index (κ1) is 14.7. The van der Waals surface area contributed by atoms with Gasteiger partial charge in [0.2, 0.25) is 0 Å². The minimum Gasteiger partial charge on any atom is -0.384 e. The summed E-state index contributed by atoms with van der Waals surface area (Å²) in [5, 5.41) is 10.5. The predicted molar refractivity (Wildman–Crippen MR) is 74.7 cm³/mol. The van der Waals surface area contributed by atoms with Crippen molar-refractivity contribution in [2.24, 2.45) is 5.92 Å². The summed E-state index contributed by atoms with van der Waals surface area (Å²) in [7, 11) is 1.82. The van der Waals surface area contributed by atoms with E-state index in [0.29, 0.717) is 16.4 Å². The Kier molecular flexibility index (Phi) is 5.39. The van der Waals surface area contributed by atoms with E-state index < -0.39 is 0 Å². The van der Waals surface area contributed by atoms with E-state index in [4.69, 9.17) is 5.11 Å². The molecule has 4 heteroatoms. The molecule has 0 aliphatic carbocycles. The Balaban J connectivity index is 2.94. The first-order valence-electron chi connectivity index (χ1n) is 5.93. The molecule has 0 radical (unpaired) electrons. The first-order chi connectivity index (χ1) is 8.49. The van der Waals surface area contributed by atoms with Crippen molar-refractivity contribution in [1.82, 2.24) is 4.90 Å². The maximum Gasteiger partial charge on any atom is 0.265 e. The van der Waals surface area contributed by atoms with Crippen molar-refractivity contribution in [3.8, 4) is 11.8 Å². The van der Waals surface area contributed by atoms with E-state index in [1.54, 1.807) is 4.90 Å². The summed E-state index contributed by atoms with van der Waals surface area (Å²) in [5.74, 6) is 5.79. The summed E-state index contributed by atoms with van der Waals surface area (Å²) in [6, 6.07) is 1.99. The summed E-state index contributed by atoms with van der Waals surface area (Å²) in [6.07, 6.45) is 0. The minimum absolute atomic E-state index is 0.00607. The van der Waals surface area contributed by atoms with E-state index in [0.717, 1.165) is 0 Å². The number of carbonyl (C=O) groups is 1. The number of aliphatic hydroxyl groups is 1. The topological polar surface area (TPSA) is 40.5 Å². The second-order valence-corrected chi connectivity index (χ2v) is 5.44. The second-order valence-electron chi connectivity index (χ2n) is 4.52. The van der Waals surface area contributed by atoms with E-state index in [1.165, 1.54) is 11.3 Å². The monoisotopic (exact) mass is 265 g/mol. The van der Waals surface area contributed by atoms with E-state index in [1.807, 2.05) is 25.4 Å². The van der Waals surface area contributed by atoms with Crippen molar-refractivity contribution in [3.05, 3.63) is 21.9 Å². The third kappa shape index (κ3) is 3.34. The van der Waals surface area contributed by atoms with Gasteiger partial charge in [-0.05, 0) is 24.3 Å². The lowest BCUT2D eigenvalue weighted by atomic mass is 10.0. The van der Waals surface area contributed by atoms with Gasteiger partial charge in [0.25, 0.3) is 5.91 Å². The number of thiophene rings is 1. The summed E-state index contributed by atoms with van der Waals surface area (Å²) in [4.78, 5) is 14.7. The van der Waals surface area contributed by atoms with Crippen LogP contribution in [0.15, 0.2) is 11.4 Å². The van der Waals surface area contributed by atoms with Gasteiger partial charge in [-0.2, -0.15) is 0 Å². The fourth-order valence-electron chi connectivity index (χ4n) is 1.50. The molecule has 1 atom stereocenters. The van der Waals surface area contributed by atoms with Crippen LogP contribution in [0, 0.1) is 17.8 Å². The molecule has 98 valence electrons. The molecule has 0 aliphatic rings. The Morgan fingerprint density at radius 3 is 2.72 bits per heavy atom. The lowest BCUT2D eigenvalue weighted by molar-refractivity contribution is 0.0712. The number of hydrogen-bond donors (Lipinski definition) is 1. The molecular formula is C14H19NO2S. The van der Waals surface area contributed by atoms with Gasteiger partial charge in [-0.1, -0.05) is 25.7 Å². The van der Waals surface area contributed by atoms with Crippen LogP contribution in [0.3, 0.4) is 0 Å². The van der Waals surface area contributed by atoms with E-state index >= 15 is 0 Å². The predicted octanol–water partition coefficient (Wildman–Crippen LogP) is 2.21. The van der Waals surface area contributed by atoms with Crippen molar-refractivity contribution in [2.75, 3.05) is 13.7 Å². The Labute approximate surface area is 112 Å². The molecule has 1 amide bonds. The van der Waals surface area contributed by atoms with Gasteiger partial charge < -0.3 is 10.0 Å². The minimum atomic E-state index is -0.193. The van der Waals surface area contributed by atoms with E-state index in [-0.39, 0.29) is 18.6 Å². The van der Waals surface area contributed by atoms with Crippen molar-refractivity contribution in [1.29, 1.82) is 0 Å². The second kappa shape index (κ2) is 6.58. The Bertz CT molecular complexity index is 468. The Morgan fingerprint density at radius 1 is 1.50 bits per heavy atom. The molecule has 1 aromatic rings. The normalized spacial score (nSPS) is 11.9. The van der Waals surface area contributed by atoms with Gasteiger partial charge in [-0.25, -0.2) is 0 Å². The molecule has 0 saturated carbocycles. The van der Waals surface area contributed by atoms with E-state index in [9.17, 15) is 4.79 Å². The summed E-state index contributed by atoms with van der Waals surface area (Å²) < 4.78 is 0. The van der Waals surface area contributed by atoms with Crippen LogP contribution in [0.25, 0.3) is 0 Å². The summed E-state index contributed by atoms with van der Waals surface area (Å²) in [5.41, 5.74) is 0.696. The molecule has 0 fully saturated rings. The van der Waals surface area contributed by atoms with Crippen molar-refractivity contribution >= 4 is 17.2 Å². The molecule has 1 heterocycles. The average molecular weight is 265 g/mol. The quantitative estimate of drug-likeness (QED) is 0.851. The molecule has 18 heavy (non-hydrogen) atoms. The van der Waals surface area contributed by atoms with Crippen molar-refractivity contribution in [3.63, 3.8) is 0 Å². The van der Waals surface area contributed by atoms with Gasteiger partial charge in [0, 0.05) is 18.7 Å². The highest BCUT2D eigenvalue weighted by molar-refractivity contribution is 7.12. The summed E-state index contributed by atoms with van der Waals surface area (Å²) >= 11 is 1.39. The van der Waals surface area contributed by atoms with Crippen LogP contribution in [-0.4, -0.2) is 35.6 Å². The van der Waals surface area contributed by atoms with Gasteiger partial charge >= 0.3 is 0 Å². The SMILES string of the molecule is CC(C)C(C)N(C)C(=O)c1sccc1C#CCO. The highest BCUT2D eigenvalue weighted by atomic mass is 32.1. The smallest absolute Gasteiger partial charge is 0.265 e. The van der Waals surface area contributed by atoms with Crippen molar-refractivity contribution < 1.29 is 9.90 Å². The molecule has 1 N–H and O–H groups in total. The number of amides is 1. The number of carbonyl (C=O) groups excluding carboxylic acids is 1. The molecule has 0 aliphatic heterocycles. The molecule has 0 saturated heterocycles. The summed E-state index contributed by atoms with van der Waals surface area (Å²) in [6.45, 7) is 6.03. The standard InChI is InChI=1S/C14H19NO2S/c1-10(2)11(3)15(4)14(17)13-12(6-5-8-16)7-9-18-13/h7,9-11,16H,8H2,1-4H3. The van der Waals surface area contributed by atoms with Crippen molar-refractivity contribution in [2.45, 2.75) is 26.8 Å². The molecule has 3 nitrogen and oxygen atoms in total. The maximum atomic E-state index is 12.3. The number of hydrogen-bond acceptors (Lipinski definition) is 3. The zero-order valence-corrected chi connectivity index (χ0v) is 12.0. The average Bonchev–Trinajstić information content (AvgIpc) is 2.81. The van der Waals surface area contributed by atoms with Gasteiger partial charge in [0.05, 0.1) is 0 Å². The molecule has 1 aromatic heterocycles. The van der Waals surface area contributed by atoms with Crippen LogP contribution in [0.5, 0.6) is 0 Å². The zero-order chi connectivity index (χ0) is 13.7. The molecule has 1 rings (SSSR count). The number of aliphatic hydroxyl groups excluding tert-OH is 1. The van der Waals surface area contributed by atoms with Gasteiger partial charge in [-0.15, -0.1) is 11.3 Å². The third-order valence-electron chi connectivity index (χ3n) is 3.06. The van der Waals surface area contributed by atoms with Crippen LogP contribution in [-0.2, 0) is 0 Å². The lowest BCUT2D eigenvalue weighted by Crippen LogP contribution is -2.38. The van der Waals surface area contributed by atoms with Gasteiger partial charge in [0.15, 0.2) is 0 Å². The first-order valence-corrected chi connectivity index (χ1v) is 6.81. The zero-order valence-electron chi connectivity index (χ0n) is 11.2. The highest BCUT2D eigenvalue weighted by Gasteiger charge is 2.22. The number of rotatable bonds is 3.